The largest absolute Gasteiger partial charge is 0.497 e. The predicted octanol–water partition coefficient (Wildman–Crippen LogP) is 4.55. The second-order valence-electron chi connectivity index (χ2n) is 8.78. The van der Waals surface area contributed by atoms with Crippen molar-refractivity contribution in [1.82, 2.24) is 10.2 Å². The van der Waals surface area contributed by atoms with Gasteiger partial charge in [-0.1, -0.05) is 18.2 Å². The molecule has 1 fully saturated rings. The first-order chi connectivity index (χ1) is 17.2. The molecule has 1 aliphatic heterocycles. The van der Waals surface area contributed by atoms with E-state index in [2.05, 4.69) is 27.2 Å². The monoisotopic (exact) mass is 473 g/mol. The van der Waals surface area contributed by atoms with Crippen LogP contribution >= 0.6 is 0 Å². The Balaban J connectivity index is 1.12. The summed E-state index contributed by atoms with van der Waals surface area (Å²) >= 11 is 0. The van der Waals surface area contributed by atoms with E-state index in [-0.39, 0.29) is 5.91 Å². The summed E-state index contributed by atoms with van der Waals surface area (Å²) in [6, 6.07) is 19.8. The maximum absolute atomic E-state index is 12.9. The predicted molar refractivity (Wildman–Crippen MR) is 139 cm³/mol. The van der Waals surface area contributed by atoms with Crippen molar-refractivity contribution < 1.29 is 18.7 Å². The molecule has 1 aromatic heterocycles. The molecular formula is C28H31N3O4. The highest BCUT2D eigenvalue weighted by Gasteiger charge is 2.19. The van der Waals surface area contributed by atoms with Crippen LogP contribution in [0.15, 0.2) is 65.1 Å². The first-order valence-electron chi connectivity index (χ1n) is 12.0. The number of piperazine rings is 1. The molecule has 5 rings (SSSR count). The fourth-order valence-electron chi connectivity index (χ4n) is 4.72. The van der Waals surface area contributed by atoms with Gasteiger partial charge in [-0.2, -0.15) is 0 Å². The van der Waals surface area contributed by atoms with Crippen molar-refractivity contribution in [2.75, 3.05) is 58.4 Å². The van der Waals surface area contributed by atoms with Crippen LogP contribution < -0.4 is 19.7 Å². The number of ether oxygens (including phenoxy) is 2. The van der Waals surface area contributed by atoms with Crippen LogP contribution in [0.4, 0.5) is 5.69 Å². The zero-order valence-electron chi connectivity index (χ0n) is 20.3. The summed E-state index contributed by atoms with van der Waals surface area (Å²) in [5.41, 5.74) is 3.21. The highest BCUT2D eigenvalue weighted by molar-refractivity contribution is 6.09. The number of benzene rings is 3. The number of nitrogens with one attached hydrogen (secondary N) is 1. The third-order valence-corrected chi connectivity index (χ3v) is 6.69. The fourth-order valence-corrected chi connectivity index (χ4v) is 4.72. The molecule has 1 aliphatic rings. The van der Waals surface area contributed by atoms with E-state index in [9.17, 15) is 4.79 Å². The van der Waals surface area contributed by atoms with E-state index in [1.54, 1.807) is 20.3 Å². The Morgan fingerprint density at radius 3 is 2.43 bits per heavy atom. The number of furan rings is 1. The van der Waals surface area contributed by atoms with E-state index in [1.165, 1.54) is 5.69 Å². The van der Waals surface area contributed by atoms with Gasteiger partial charge in [-0.3, -0.25) is 9.69 Å². The number of nitrogens with zero attached hydrogens (tertiary/aromatic N) is 2. The van der Waals surface area contributed by atoms with E-state index < -0.39 is 0 Å². The summed E-state index contributed by atoms with van der Waals surface area (Å²) < 4.78 is 16.7. The van der Waals surface area contributed by atoms with Crippen LogP contribution in [-0.2, 0) is 0 Å². The quantitative estimate of drug-likeness (QED) is 0.379. The molecule has 7 nitrogen and oxygen atoms in total. The summed E-state index contributed by atoms with van der Waals surface area (Å²) in [5, 5.41) is 5.01. The number of methoxy groups -OCH3 is 2. The van der Waals surface area contributed by atoms with Crippen LogP contribution in [0.25, 0.3) is 21.9 Å². The maximum atomic E-state index is 12.9. The van der Waals surface area contributed by atoms with E-state index in [0.29, 0.717) is 23.4 Å². The van der Waals surface area contributed by atoms with Gasteiger partial charge in [0.25, 0.3) is 5.91 Å². The van der Waals surface area contributed by atoms with Gasteiger partial charge in [-0.05, 0) is 55.4 Å². The van der Waals surface area contributed by atoms with Crippen molar-refractivity contribution in [3.8, 4) is 11.5 Å². The smallest absolute Gasteiger partial charge is 0.255 e. The topological polar surface area (TPSA) is 67.2 Å². The van der Waals surface area contributed by atoms with E-state index in [0.717, 1.165) is 61.2 Å². The standard InChI is InChI=1S/C28H31N3O4/c1-33-21-10-8-20(9-11-21)31-16-14-30(15-17-31)13-5-12-29-28(32)24-19-27-23(18-26(24)34-2)22-6-3-4-7-25(22)35-27/h3-4,6-11,18-19H,5,12-17H2,1-2H3,(H,29,32). The molecule has 0 radical (unpaired) electrons. The van der Waals surface area contributed by atoms with Gasteiger partial charge in [0.2, 0.25) is 0 Å². The number of carbonyl (C=O) groups excluding carboxylic acids is 1. The number of hydrogen-bond acceptors (Lipinski definition) is 6. The summed E-state index contributed by atoms with van der Waals surface area (Å²) in [6.07, 6.45) is 0.892. The van der Waals surface area contributed by atoms with Crippen LogP contribution in [0.1, 0.15) is 16.8 Å². The molecule has 0 atom stereocenters. The van der Waals surface area contributed by atoms with Gasteiger partial charge in [0.15, 0.2) is 0 Å². The van der Waals surface area contributed by atoms with Crippen LogP contribution in [0, 0.1) is 0 Å². The SMILES string of the molecule is COc1ccc(N2CCN(CCCNC(=O)c3cc4oc5ccccc5c4cc3OC)CC2)cc1. The minimum absolute atomic E-state index is 0.145. The van der Waals surface area contributed by atoms with Crippen LogP contribution in [-0.4, -0.2) is 64.3 Å². The van der Waals surface area contributed by atoms with E-state index in [1.807, 2.05) is 42.5 Å². The molecule has 2 heterocycles. The van der Waals surface area contributed by atoms with Crippen LogP contribution in [0.5, 0.6) is 11.5 Å². The molecule has 0 bridgehead atoms. The lowest BCUT2D eigenvalue weighted by Crippen LogP contribution is -2.47. The Bertz CT molecular complexity index is 1310. The molecule has 3 aromatic carbocycles. The van der Waals surface area contributed by atoms with Gasteiger partial charge in [0, 0.05) is 49.2 Å². The maximum Gasteiger partial charge on any atom is 0.255 e. The number of carbonyl (C=O) groups is 1. The molecule has 182 valence electrons. The molecule has 1 saturated heterocycles. The lowest BCUT2D eigenvalue weighted by Gasteiger charge is -2.36. The molecule has 1 amide bonds. The lowest BCUT2D eigenvalue weighted by atomic mass is 10.1. The number of hydrogen-bond donors (Lipinski definition) is 1. The average molecular weight is 474 g/mol. The zero-order valence-corrected chi connectivity index (χ0v) is 20.3. The Hall–Kier alpha value is -3.71. The molecule has 0 unspecified atom stereocenters. The van der Waals surface area contributed by atoms with Crippen LogP contribution in [0.3, 0.4) is 0 Å². The summed E-state index contributed by atoms with van der Waals surface area (Å²) in [4.78, 5) is 17.8. The Labute approximate surface area is 205 Å². The molecule has 7 heteroatoms. The van der Waals surface area contributed by atoms with Crippen molar-refractivity contribution in [1.29, 1.82) is 0 Å². The molecule has 0 aliphatic carbocycles. The lowest BCUT2D eigenvalue weighted by molar-refractivity contribution is 0.0948. The van der Waals surface area contributed by atoms with Gasteiger partial charge < -0.3 is 24.1 Å². The zero-order chi connectivity index (χ0) is 24.2. The molecular weight excluding hydrogens is 442 g/mol. The second kappa shape index (κ2) is 10.3. The normalized spacial score (nSPS) is 14.4. The van der Waals surface area contributed by atoms with Gasteiger partial charge >= 0.3 is 0 Å². The minimum Gasteiger partial charge on any atom is -0.497 e. The number of para-hydroxylation sites is 1. The van der Waals surface area contributed by atoms with Crippen molar-refractivity contribution in [3.05, 3.63) is 66.2 Å². The van der Waals surface area contributed by atoms with Crippen molar-refractivity contribution in [3.63, 3.8) is 0 Å². The molecule has 0 spiro atoms. The highest BCUT2D eigenvalue weighted by atomic mass is 16.5. The molecule has 1 N–H and O–H groups in total. The fraction of sp³-hybridized carbons (Fsp3) is 0.321. The number of amides is 1. The average Bonchev–Trinajstić information content (AvgIpc) is 3.28. The van der Waals surface area contributed by atoms with Crippen LogP contribution in [0.2, 0.25) is 0 Å². The number of anilines is 1. The van der Waals surface area contributed by atoms with Crippen molar-refractivity contribution in [2.45, 2.75) is 6.42 Å². The van der Waals surface area contributed by atoms with Crippen molar-refractivity contribution >= 4 is 33.5 Å². The third kappa shape index (κ3) is 4.91. The van der Waals surface area contributed by atoms with Crippen molar-refractivity contribution in [2.24, 2.45) is 0 Å². The number of rotatable bonds is 8. The first kappa shape index (κ1) is 23.1. The second-order valence-corrected chi connectivity index (χ2v) is 8.78. The highest BCUT2D eigenvalue weighted by Crippen LogP contribution is 2.33. The van der Waals surface area contributed by atoms with Gasteiger partial charge in [-0.25, -0.2) is 0 Å². The number of fused-ring (bicyclic) bond motifs is 3. The molecule has 35 heavy (non-hydrogen) atoms. The van der Waals surface area contributed by atoms with Gasteiger partial charge in [0.05, 0.1) is 19.8 Å². The Morgan fingerprint density at radius 2 is 1.69 bits per heavy atom. The van der Waals surface area contributed by atoms with E-state index >= 15 is 0 Å². The molecule has 4 aromatic rings. The Kier molecular flexibility index (Phi) is 6.77. The van der Waals surface area contributed by atoms with Gasteiger partial charge in [-0.15, -0.1) is 0 Å². The first-order valence-corrected chi connectivity index (χ1v) is 12.0. The summed E-state index contributed by atoms with van der Waals surface area (Å²) in [6.45, 7) is 5.57. The minimum atomic E-state index is -0.145. The third-order valence-electron chi connectivity index (χ3n) is 6.69. The Morgan fingerprint density at radius 1 is 0.914 bits per heavy atom. The van der Waals surface area contributed by atoms with E-state index in [4.69, 9.17) is 13.9 Å². The van der Waals surface area contributed by atoms with Gasteiger partial charge in [0.1, 0.15) is 22.7 Å². The molecule has 0 saturated carbocycles. The summed E-state index contributed by atoms with van der Waals surface area (Å²) in [7, 11) is 3.28. The summed E-state index contributed by atoms with van der Waals surface area (Å²) in [5.74, 6) is 1.29.